The standard InChI is InChI=1S/C12H22N4O8/c1-5(19)9(11(22)15-7(4-18)12(23)24)16-10(21)6(3-17)14-8(20)2-13/h5-7,9,17-19H,2-4,13H2,1H3,(H,14,20)(H,15,22)(H,16,21)(H,23,24)/t5-,6+,7+,9+/m1/s1. The SMILES string of the molecule is C[C@@H](O)[C@H](NC(=O)[C@H](CO)NC(=O)CN)C(=O)N[C@@H](CO)C(=O)O. The number of carbonyl (C=O) groups excluding carboxylic acids is 3. The maximum atomic E-state index is 12.0. The van der Waals surface area contributed by atoms with E-state index in [0.29, 0.717) is 0 Å². The first kappa shape index (κ1) is 21.7. The second-order valence-electron chi connectivity index (χ2n) is 4.82. The zero-order chi connectivity index (χ0) is 18.9. The molecule has 0 aromatic rings. The third kappa shape index (κ3) is 6.87. The van der Waals surface area contributed by atoms with Gasteiger partial charge in [-0.25, -0.2) is 4.79 Å². The Labute approximate surface area is 137 Å². The fourth-order valence-electron chi connectivity index (χ4n) is 1.55. The van der Waals surface area contributed by atoms with Crippen LogP contribution >= 0.6 is 0 Å². The first-order valence-corrected chi connectivity index (χ1v) is 6.90. The number of carboxylic acids is 1. The van der Waals surface area contributed by atoms with Gasteiger partial charge in [-0.15, -0.1) is 0 Å². The fraction of sp³-hybridized carbons (Fsp3) is 0.667. The highest BCUT2D eigenvalue weighted by Gasteiger charge is 2.31. The molecular weight excluding hydrogens is 328 g/mol. The van der Waals surface area contributed by atoms with Crippen LogP contribution in [0.3, 0.4) is 0 Å². The van der Waals surface area contributed by atoms with Crippen LogP contribution in [0, 0.1) is 0 Å². The Bertz CT molecular complexity index is 470. The molecule has 0 rings (SSSR count). The highest BCUT2D eigenvalue weighted by Crippen LogP contribution is 1.97. The van der Waals surface area contributed by atoms with Crippen LogP contribution < -0.4 is 21.7 Å². The largest absolute Gasteiger partial charge is 0.480 e. The van der Waals surface area contributed by atoms with Gasteiger partial charge in [-0.1, -0.05) is 0 Å². The molecule has 4 atom stereocenters. The smallest absolute Gasteiger partial charge is 0.328 e. The van der Waals surface area contributed by atoms with Crippen molar-refractivity contribution in [2.45, 2.75) is 31.2 Å². The molecule has 9 N–H and O–H groups in total. The van der Waals surface area contributed by atoms with Gasteiger partial charge in [0, 0.05) is 0 Å². The number of rotatable bonds is 10. The van der Waals surface area contributed by atoms with Gasteiger partial charge in [-0.05, 0) is 6.92 Å². The lowest BCUT2D eigenvalue weighted by molar-refractivity contribution is -0.144. The summed E-state index contributed by atoms with van der Waals surface area (Å²) in [5.41, 5.74) is 5.06. The van der Waals surface area contributed by atoms with Gasteiger partial charge in [-0.3, -0.25) is 14.4 Å². The minimum absolute atomic E-state index is 0.430. The molecule has 0 spiro atoms. The van der Waals surface area contributed by atoms with Gasteiger partial charge >= 0.3 is 5.97 Å². The third-order valence-corrected chi connectivity index (χ3v) is 2.88. The molecule has 0 aliphatic rings. The van der Waals surface area contributed by atoms with Crippen molar-refractivity contribution >= 4 is 23.7 Å². The highest BCUT2D eigenvalue weighted by atomic mass is 16.4. The molecule has 24 heavy (non-hydrogen) atoms. The first-order valence-electron chi connectivity index (χ1n) is 6.90. The number of carbonyl (C=O) groups is 4. The summed E-state index contributed by atoms with van der Waals surface area (Å²) in [6.07, 6.45) is -1.42. The molecule has 0 aliphatic heterocycles. The minimum Gasteiger partial charge on any atom is -0.480 e. The van der Waals surface area contributed by atoms with Crippen molar-refractivity contribution in [3.05, 3.63) is 0 Å². The quantitative estimate of drug-likeness (QED) is 0.189. The Morgan fingerprint density at radius 3 is 1.88 bits per heavy atom. The molecule has 0 fully saturated rings. The average Bonchev–Trinajstić information content (AvgIpc) is 2.53. The molecule has 0 aromatic heterocycles. The summed E-state index contributed by atoms with van der Waals surface area (Å²) in [5, 5.41) is 42.4. The van der Waals surface area contributed by atoms with Crippen LogP contribution in [0.15, 0.2) is 0 Å². The van der Waals surface area contributed by atoms with Crippen molar-refractivity contribution in [3.8, 4) is 0 Å². The van der Waals surface area contributed by atoms with Gasteiger partial charge in [0.1, 0.15) is 18.1 Å². The number of aliphatic hydroxyl groups excluding tert-OH is 3. The lowest BCUT2D eigenvalue weighted by Crippen LogP contribution is -2.60. The molecular formula is C12H22N4O8. The molecule has 0 unspecified atom stereocenters. The number of hydrogen-bond donors (Lipinski definition) is 8. The Balaban J connectivity index is 4.99. The molecule has 0 saturated carbocycles. The number of amides is 3. The average molecular weight is 350 g/mol. The number of aliphatic carboxylic acids is 1. The van der Waals surface area contributed by atoms with Gasteiger partial charge in [0.25, 0.3) is 0 Å². The number of hydrogen-bond acceptors (Lipinski definition) is 8. The van der Waals surface area contributed by atoms with E-state index in [1.807, 2.05) is 5.32 Å². The second kappa shape index (κ2) is 10.5. The van der Waals surface area contributed by atoms with Gasteiger partial charge in [0.2, 0.25) is 17.7 Å². The van der Waals surface area contributed by atoms with E-state index in [1.54, 1.807) is 0 Å². The number of carboxylic acid groups (broad SMARTS) is 1. The summed E-state index contributed by atoms with van der Waals surface area (Å²) in [6, 6.07) is -4.61. The predicted molar refractivity (Wildman–Crippen MR) is 78.3 cm³/mol. The van der Waals surface area contributed by atoms with Crippen LogP contribution in [0.4, 0.5) is 0 Å². The van der Waals surface area contributed by atoms with Crippen LogP contribution in [-0.2, 0) is 19.2 Å². The van der Waals surface area contributed by atoms with Crippen LogP contribution in [0.25, 0.3) is 0 Å². The molecule has 0 radical (unpaired) electrons. The fourth-order valence-corrected chi connectivity index (χ4v) is 1.55. The van der Waals surface area contributed by atoms with E-state index in [2.05, 4.69) is 10.6 Å². The maximum Gasteiger partial charge on any atom is 0.328 e. The van der Waals surface area contributed by atoms with Crippen molar-refractivity contribution in [2.24, 2.45) is 5.73 Å². The van der Waals surface area contributed by atoms with Crippen LogP contribution in [0.2, 0.25) is 0 Å². The number of nitrogens with one attached hydrogen (secondary N) is 3. The number of nitrogens with two attached hydrogens (primary N) is 1. The number of aliphatic hydroxyl groups is 3. The maximum absolute atomic E-state index is 12.0. The van der Waals surface area contributed by atoms with Gasteiger partial charge in [0.15, 0.2) is 0 Å². The molecule has 12 heteroatoms. The second-order valence-corrected chi connectivity index (χ2v) is 4.82. The van der Waals surface area contributed by atoms with E-state index in [-0.39, 0.29) is 0 Å². The molecule has 0 heterocycles. The highest BCUT2D eigenvalue weighted by molar-refractivity contribution is 5.93. The lowest BCUT2D eigenvalue weighted by Gasteiger charge is -2.24. The van der Waals surface area contributed by atoms with E-state index in [0.717, 1.165) is 6.92 Å². The van der Waals surface area contributed by atoms with Gasteiger partial charge in [0.05, 0.1) is 25.9 Å². The molecule has 138 valence electrons. The summed E-state index contributed by atoms with van der Waals surface area (Å²) in [5.74, 6) is -4.30. The lowest BCUT2D eigenvalue weighted by atomic mass is 10.1. The normalized spacial score (nSPS) is 15.5. The summed E-state index contributed by atoms with van der Waals surface area (Å²) in [7, 11) is 0. The van der Waals surface area contributed by atoms with E-state index < -0.39 is 67.7 Å². The summed E-state index contributed by atoms with van der Waals surface area (Å²) < 4.78 is 0. The van der Waals surface area contributed by atoms with E-state index in [4.69, 9.17) is 21.1 Å². The third-order valence-electron chi connectivity index (χ3n) is 2.88. The van der Waals surface area contributed by atoms with Crippen molar-refractivity contribution in [1.82, 2.24) is 16.0 Å². The summed E-state index contributed by atoms with van der Waals surface area (Å²) in [4.78, 5) is 45.8. The molecule has 0 bridgehead atoms. The molecule has 12 nitrogen and oxygen atoms in total. The van der Waals surface area contributed by atoms with E-state index in [1.165, 1.54) is 0 Å². The molecule has 0 saturated heterocycles. The summed E-state index contributed by atoms with van der Waals surface area (Å²) in [6.45, 7) is -0.958. The Morgan fingerprint density at radius 2 is 1.50 bits per heavy atom. The van der Waals surface area contributed by atoms with E-state index in [9.17, 15) is 24.3 Å². The Hall–Kier alpha value is -2.28. The van der Waals surface area contributed by atoms with Crippen LogP contribution in [0.5, 0.6) is 0 Å². The molecule has 0 aliphatic carbocycles. The molecule has 0 aromatic carbocycles. The molecule has 3 amide bonds. The Kier molecular flexibility index (Phi) is 9.49. The zero-order valence-electron chi connectivity index (χ0n) is 12.9. The van der Waals surface area contributed by atoms with E-state index >= 15 is 0 Å². The van der Waals surface area contributed by atoms with Gasteiger partial charge in [-0.2, -0.15) is 0 Å². The minimum atomic E-state index is -1.62. The van der Waals surface area contributed by atoms with Crippen molar-refractivity contribution in [2.75, 3.05) is 19.8 Å². The predicted octanol–water partition coefficient (Wildman–Crippen LogP) is -5.15. The zero-order valence-corrected chi connectivity index (χ0v) is 12.9. The summed E-state index contributed by atoms with van der Waals surface area (Å²) >= 11 is 0. The van der Waals surface area contributed by atoms with Crippen molar-refractivity contribution < 1.29 is 39.6 Å². The monoisotopic (exact) mass is 350 g/mol. The van der Waals surface area contributed by atoms with Crippen LogP contribution in [-0.4, -0.2) is 88.1 Å². The first-order chi connectivity index (χ1) is 11.2. The van der Waals surface area contributed by atoms with Gasteiger partial charge < -0.3 is 42.1 Å². The van der Waals surface area contributed by atoms with Crippen molar-refractivity contribution in [3.63, 3.8) is 0 Å². The van der Waals surface area contributed by atoms with Crippen molar-refractivity contribution in [1.29, 1.82) is 0 Å². The van der Waals surface area contributed by atoms with Crippen LogP contribution in [0.1, 0.15) is 6.92 Å². The Morgan fingerprint density at radius 1 is 0.958 bits per heavy atom. The topological polar surface area (TPSA) is 211 Å².